The second-order valence-electron chi connectivity index (χ2n) is 8.81. The van der Waals surface area contributed by atoms with Crippen LogP contribution in [-0.2, 0) is 30.6 Å². The average Bonchev–Trinajstić information content (AvgIpc) is 3.55. The summed E-state index contributed by atoms with van der Waals surface area (Å²) < 4.78 is 5.54. The second kappa shape index (κ2) is 13.2. The highest BCUT2D eigenvalue weighted by Crippen LogP contribution is 2.41. The monoisotopic (exact) mass is 627 g/mol. The number of aliphatic carboxylic acids is 2. The Morgan fingerprint density at radius 3 is 2.76 bits per heavy atom. The van der Waals surface area contributed by atoms with Crippen molar-refractivity contribution in [2.75, 3.05) is 44.5 Å². The second-order valence-corrected chi connectivity index (χ2v) is 11.6. The van der Waals surface area contributed by atoms with Crippen molar-refractivity contribution < 1.29 is 34.2 Å². The van der Waals surface area contributed by atoms with Crippen LogP contribution in [0.2, 0.25) is 0 Å². The number of carboxylic acids is 2. The van der Waals surface area contributed by atoms with Gasteiger partial charge in [-0.15, -0.1) is 16.9 Å². The van der Waals surface area contributed by atoms with E-state index >= 15 is 0 Å². The number of nitrogen functional groups attached to an aromatic ring is 1. The molecule has 0 aliphatic carbocycles. The molecule has 2 amide bonds. The summed E-state index contributed by atoms with van der Waals surface area (Å²) in [6, 6.07) is -1.08. The predicted octanol–water partition coefficient (Wildman–Crippen LogP) is -1.61. The molecule has 0 aromatic carbocycles. The van der Waals surface area contributed by atoms with E-state index in [1.165, 1.54) is 23.5 Å². The molecule has 0 spiro atoms. The van der Waals surface area contributed by atoms with Gasteiger partial charge in [-0.05, 0) is 43.1 Å². The van der Waals surface area contributed by atoms with Crippen molar-refractivity contribution >= 4 is 69.7 Å². The predicted molar refractivity (Wildman–Crippen MR) is 146 cm³/mol. The van der Waals surface area contributed by atoms with E-state index in [1.54, 1.807) is 4.68 Å². The van der Waals surface area contributed by atoms with Crippen LogP contribution in [0.1, 0.15) is 12.2 Å². The first kappa shape index (κ1) is 30.1. The van der Waals surface area contributed by atoms with Gasteiger partial charge in [0.05, 0.1) is 0 Å². The first-order valence-corrected chi connectivity index (χ1v) is 14.6. The van der Waals surface area contributed by atoms with Crippen molar-refractivity contribution in [3.8, 4) is 0 Å². The highest BCUT2D eigenvalue weighted by Gasteiger charge is 2.54. The first-order chi connectivity index (χ1) is 19.6. The number of fused-ring (bicyclic) bond motifs is 1. The van der Waals surface area contributed by atoms with E-state index in [9.17, 15) is 24.3 Å². The minimum Gasteiger partial charge on any atom is -0.479 e. The smallest absolute Gasteiger partial charge is 0.352 e. The molecule has 1 fully saturated rings. The lowest BCUT2D eigenvalue weighted by molar-refractivity contribution is -0.150. The Balaban J connectivity index is 1.44. The number of nitrogens with one attached hydrogen (secondary N) is 1. The minimum atomic E-state index is -1.33. The van der Waals surface area contributed by atoms with E-state index in [0.717, 1.165) is 29.4 Å². The number of hydrogen-bond donors (Lipinski definition) is 4. The van der Waals surface area contributed by atoms with E-state index in [0.29, 0.717) is 17.3 Å². The first-order valence-electron chi connectivity index (χ1n) is 11.8. The zero-order chi connectivity index (χ0) is 29.7. The van der Waals surface area contributed by atoms with Gasteiger partial charge in [-0.3, -0.25) is 14.5 Å². The molecule has 2 aromatic heterocycles. The van der Waals surface area contributed by atoms with Crippen LogP contribution in [0.15, 0.2) is 21.6 Å². The number of β-lactam (4-membered cyclic amide) rings is 1. The van der Waals surface area contributed by atoms with Crippen LogP contribution < -0.4 is 11.1 Å². The van der Waals surface area contributed by atoms with E-state index in [1.807, 2.05) is 19.0 Å². The molecule has 1 unspecified atom stereocenters. The average molecular weight is 628 g/mol. The summed E-state index contributed by atoms with van der Waals surface area (Å²) >= 11 is 3.33. The Kier molecular flexibility index (Phi) is 9.73. The number of rotatable bonds is 14. The summed E-state index contributed by atoms with van der Waals surface area (Å²) in [5.41, 5.74) is 5.45. The third-order valence-electron chi connectivity index (χ3n) is 5.60. The normalized spacial score (nSPS) is 18.8. The van der Waals surface area contributed by atoms with Gasteiger partial charge in [0, 0.05) is 29.6 Å². The van der Waals surface area contributed by atoms with Crippen LogP contribution in [0.3, 0.4) is 0 Å². The quantitative estimate of drug-likeness (QED) is 0.0797. The number of nitrogens with zero attached hydrogens (tertiary/aromatic N) is 9. The summed E-state index contributed by atoms with van der Waals surface area (Å²) in [6.45, 7) is 0.611. The van der Waals surface area contributed by atoms with Gasteiger partial charge in [-0.1, -0.05) is 16.9 Å². The van der Waals surface area contributed by atoms with Crippen LogP contribution in [0.4, 0.5) is 5.13 Å². The number of amides is 2. The van der Waals surface area contributed by atoms with Crippen LogP contribution in [-0.4, -0.2) is 129 Å². The Hall–Kier alpha value is -3.82. The molecular formula is C20H25N11O7S3. The summed E-state index contributed by atoms with van der Waals surface area (Å²) in [5, 5.41) is 36.3. The zero-order valence-corrected chi connectivity index (χ0v) is 24.1. The standard InChI is InChI=1S/C20H25N11O7S3/c1-29(2)4-3-5-30-20(24-27-28-30)40-8-9-7-39-17-12(16(35)31(17)13(9)18(36)37)22-15(34)11(25-38-6-10(32)33)14-23-19(21)41-26-14/h12,17H,3-8H2,1-2H3,(H,22,34)(H,32,33)(H,36,37)(H2,21,23,26)/b25-11-/t12?,17-/m1/s1. The summed E-state index contributed by atoms with van der Waals surface area (Å²) in [7, 11) is 3.93. The van der Waals surface area contributed by atoms with Gasteiger partial charge in [-0.2, -0.15) is 9.36 Å². The number of carboxylic acid groups (broad SMARTS) is 2. The van der Waals surface area contributed by atoms with Gasteiger partial charge in [0.15, 0.2) is 5.13 Å². The molecule has 4 heterocycles. The van der Waals surface area contributed by atoms with Gasteiger partial charge in [0.2, 0.25) is 23.3 Å². The van der Waals surface area contributed by atoms with E-state index in [2.05, 4.69) is 40.2 Å². The number of nitrogens with two attached hydrogens (primary N) is 1. The molecule has 2 aliphatic heterocycles. The number of oxime groups is 1. The molecule has 18 nitrogen and oxygen atoms in total. The third-order valence-corrected chi connectivity index (χ3v) is 8.52. The van der Waals surface area contributed by atoms with Crippen LogP contribution in [0, 0.1) is 0 Å². The zero-order valence-electron chi connectivity index (χ0n) is 21.7. The molecule has 1 saturated heterocycles. The third kappa shape index (κ3) is 7.10. The number of aryl methyl sites for hydroxylation is 1. The molecule has 4 rings (SSSR count). The summed E-state index contributed by atoms with van der Waals surface area (Å²) in [6.07, 6.45) is 0.825. The Labute approximate surface area is 244 Å². The number of hydrogen-bond acceptors (Lipinski definition) is 16. The number of tetrazole rings is 1. The molecule has 2 aliphatic rings. The fraction of sp³-hybridized carbons (Fsp3) is 0.500. The molecule has 2 atom stereocenters. The fourth-order valence-corrected chi connectivity index (χ4v) is 6.62. The molecule has 0 bridgehead atoms. The lowest BCUT2D eigenvalue weighted by Gasteiger charge is -2.49. The highest BCUT2D eigenvalue weighted by atomic mass is 32.2. The number of aromatic nitrogens is 6. The fourth-order valence-electron chi connectivity index (χ4n) is 3.80. The van der Waals surface area contributed by atoms with Gasteiger partial charge in [-0.25, -0.2) is 14.3 Å². The van der Waals surface area contributed by atoms with E-state index in [-0.39, 0.29) is 28.2 Å². The Bertz CT molecular complexity index is 1390. The number of carbonyl (C=O) groups excluding carboxylic acids is 2. The molecule has 2 aromatic rings. The van der Waals surface area contributed by atoms with Gasteiger partial charge < -0.3 is 31.0 Å². The van der Waals surface area contributed by atoms with E-state index < -0.39 is 47.5 Å². The molecule has 0 radical (unpaired) electrons. The molecular weight excluding hydrogens is 602 g/mol. The summed E-state index contributed by atoms with van der Waals surface area (Å²) in [5.74, 6) is -3.86. The number of anilines is 1. The highest BCUT2D eigenvalue weighted by molar-refractivity contribution is 8.01. The Morgan fingerprint density at radius 2 is 2.10 bits per heavy atom. The van der Waals surface area contributed by atoms with Crippen molar-refractivity contribution in [2.24, 2.45) is 5.16 Å². The van der Waals surface area contributed by atoms with Crippen LogP contribution >= 0.6 is 35.1 Å². The van der Waals surface area contributed by atoms with Gasteiger partial charge >= 0.3 is 11.9 Å². The molecule has 41 heavy (non-hydrogen) atoms. The van der Waals surface area contributed by atoms with Crippen molar-refractivity contribution in [2.45, 2.75) is 29.5 Å². The topological polar surface area (TPSA) is 244 Å². The van der Waals surface area contributed by atoms with Crippen LogP contribution in [0.5, 0.6) is 0 Å². The van der Waals surface area contributed by atoms with Crippen LogP contribution in [0.25, 0.3) is 0 Å². The van der Waals surface area contributed by atoms with E-state index in [4.69, 9.17) is 10.8 Å². The number of carbonyl (C=O) groups is 4. The molecule has 5 N–H and O–H groups in total. The van der Waals surface area contributed by atoms with Crippen molar-refractivity contribution in [3.05, 3.63) is 17.1 Å². The lowest BCUT2D eigenvalue weighted by atomic mass is 10.0. The maximum absolute atomic E-state index is 13.1. The van der Waals surface area contributed by atoms with Crippen molar-refractivity contribution in [3.63, 3.8) is 0 Å². The minimum absolute atomic E-state index is 0.0247. The van der Waals surface area contributed by atoms with Crippen molar-refractivity contribution in [1.29, 1.82) is 0 Å². The SMILES string of the molecule is CN(C)CCCn1nnnc1SCC1=C(C(=O)O)N2C(=O)C(NC(=O)/C(=N\OCC(=O)O)c3nsc(N)n3)[C@H]2SC1. The maximum atomic E-state index is 13.1. The van der Waals surface area contributed by atoms with Crippen molar-refractivity contribution in [1.82, 2.24) is 44.7 Å². The molecule has 220 valence electrons. The molecule has 21 heteroatoms. The lowest BCUT2D eigenvalue weighted by Crippen LogP contribution is -2.71. The Morgan fingerprint density at radius 1 is 1.32 bits per heavy atom. The largest absolute Gasteiger partial charge is 0.479 e. The van der Waals surface area contributed by atoms with Gasteiger partial charge in [0.25, 0.3) is 11.8 Å². The number of thioether (sulfide) groups is 2. The molecule has 0 saturated carbocycles. The maximum Gasteiger partial charge on any atom is 0.352 e. The summed E-state index contributed by atoms with van der Waals surface area (Å²) in [4.78, 5) is 60.8. The van der Waals surface area contributed by atoms with Gasteiger partial charge in [0.1, 0.15) is 17.1 Å².